The van der Waals surface area contributed by atoms with Gasteiger partial charge in [-0.3, -0.25) is 4.98 Å². The molecule has 2 aliphatic carbocycles. The summed E-state index contributed by atoms with van der Waals surface area (Å²) in [6.07, 6.45) is 3.17. The van der Waals surface area contributed by atoms with E-state index < -0.39 is 5.41 Å². The molecule has 4 aromatic rings. The summed E-state index contributed by atoms with van der Waals surface area (Å²) >= 11 is 0. The molecular formula is C32H27FN4O. The largest absolute Gasteiger partial charge is 0.308 e. The molecule has 2 aromatic carbocycles. The second-order valence-corrected chi connectivity index (χ2v) is 10.8. The molecule has 0 fully saturated rings. The average Bonchev–Trinajstić information content (AvgIpc) is 2.90. The number of carbonyl (C=O) groups is 1. The van der Waals surface area contributed by atoms with Crippen LogP contribution in [0.5, 0.6) is 0 Å². The second kappa shape index (κ2) is 8.66. The first kappa shape index (κ1) is 24.1. The highest BCUT2D eigenvalue weighted by molar-refractivity contribution is 6.00. The molecule has 0 saturated heterocycles. The van der Waals surface area contributed by atoms with Crippen LogP contribution < -0.4 is 0 Å². The summed E-state index contributed by atoms with van der Waals surface area (Å²) in [6.45, 7) is 15.6. The van der Waals surface area contributed by atoms with Gasteiger partial charge in [-0.1, -0.05) is 43.7 Å². The molecule has 0 N–H and O–H groups in total. The Bertz CT molecular complexity index is 1730. The van der Waals surface area contributed by atoms with E-state index in [4.69, 9.17) is 21.5 Å². The van der Waals surface area contributed by atoms with Crippen molar-refractivity contribution in [2.45, 2.75) is 46.0 Å². The summed E-state index contributed by atoms with van der Waals surface area (Å²) in [5.41, 5.74) is 5.74. The summed E-state index contributed by atoms with van der Waals surface area (Å²) in [7, 11) is 0. The van der Waals surface area contributed by atoms with Gasteiger partial charge >= 0.3 is 0 Å². The van der Waals surface area contributed by atoms with Crippen LogP contribution in [0.1, 0.15) is 42.8 Å². The van der Waals surface area contributed by atoms with Crippen LogP contribution in [0.25, 0.3) is 38.4 Å². The van der Waals surface area contributed by atoms with Crippen molar-refractivity contribution in [1.29, 1.82) is 0 Å². The number of nitrogens with zero attached hydrogens (tertiary/aromatic N) is 4. The number of ketones is 1. The molecule has 6 heteroatoms. The highest BCUT2D eigenvalue weighted by atomic mass is 19.1. The van der Waals surface area contributed by atoms with Crippen LogP contribution >= 0.6 is 0 Å². The first-order valence-corrected chi connectivity index (χ1v) is 12.9. The molecule has 0 radical (unpaired) electrons. The number of rotatable bonds is 2. The maximum atomic E-state index is 15.2. The van der Waals surface area contributed by atoms with Gasteiger partial charge in [0, 0.05) is 39.1 Å². The molecule has 3 atom stereocenters. The number of fused-ring (bicyclic) bond motifs is 4. The summed E-state index contributed by atoms with van der Waals surface area (Å²) in [6, 6.07) is 14.8. The molecular weight excluding hydrogens is 475 g/mol. The monoisotopic (exact) mass is 502 g/mol. The molecule has 5 nitrogen and oxygen atoms in total. The smallest absolute Gasteiger partial charge is 0.226 e. The fraction of sp³-hybridized carbons (Fsp3) is 0.281. The Balaban J connectivity index is 1.72. The Kier molecular flexibility index (Phi) is 5.50. The lowest BCUT2D eigenvalue weighted by molar-refractivity contribution is -0.121. The number of Topliss-reactive ketones (excluding diaryl/α,β-unsaturated/α-hetero) is 1. The van der Waals surface area contributed by atoms with Crippen molar-refractivity contribution in [3.8, 4) is 22.6 Å². The molecule has 0 spiro atoms. The number of aromatic nitrogens is 3. The van der Waals surface area contributed by atoms with E-state index in [-0.39, 0.29) is 29.1 Å². The van der Waals surface area contributed by atoms with Crippen molar-refractivity contribution >= 4 is 16.7 Å². The molecule has 0 bridgehead atoms. The van der Waals surface area contributed by atoms with E-state index in [1.165, 1.54) is 6.07 Å². The van der Waals surface area contributed by atoms with Crippen LogP contribution in [0, 0.1) is 38.1 Å². The third-order valence-corrected chi connectivity index (χ3v) is 8.28. The van der Waals surface area contributed by atoms with Gasteiger partial charge in [-0.15, -0.1) is 0 Å². The molecule has 6 rings (SSSR count). The maximum absolute atomic E-state index is 15.2. The Hall–Kier alpha value is -4.24. The maximum Gasteiger partial charge on any atom is 0.226 e. The van der Waals surface area contributed by atoms with Gasteiger partial charge in [0.15, 0.2) is 11.6 Å². The Morgan fingerprint density at radius 2 is 1.84 bits per heavy atom. The van der Waals surface area contributed by atoms with Crippen molar-refractivity contribution in [2.75, 3.05) is 0 Å². The van der Waals surface area contributed by atoms with Crippen molar-refractivity contribution in [3.05, 3.63) is 100 Å². The van der Waals surface area contributed by atoms with Crippen LogP contribution in [0.15, 0.2) is 60.3 Å². The van der Waals surface area contributed by atoms with Crippen LogP contribution in [0.3, 0.4) is 0 Å². The van der Waals surface area contributed by atoms with E-state index in [0.717, 1.165) is 45.4 Å². The predicted molar refractivity (Wildman–Crippen MR) is 146 cm³/mol. The van der Waals surface area contributed by atoms with E-state index in [1.807, 2.05) is 45.0 Å². The fourth-order valence-corrected chi connectivity index (χ4v) is 6.40. The molecule has 188 valence electrons. The topological polar surface area (TPSA) is 60.1 Å². The number of benzene rings is 2. The number of allylic oxidation sites excluding steroid dienone is 2. The highest BCUT2D eigenvalue weighted by Crippen LogP contribution is 2.51. The van der Waals surface area contributed by atoms with E-state index in [9.17, 15) is 4.79 Å². The standard InChI is InChI=1S/C32H27FN4O/c1-17-10-13-26-22(14-17)23(15-18(2)35-26)31-36-28(20-8-6-7-9-25(20)33)21-11-12-24-19(3)29(38)27(34-5)16-32(24,4)30(21)37-31/h6-10,13-16,19,24H,11-12H2,1-4H3/t19-,24-,32-/m1/s1. The Morgan fingerprint density at radius 1 is 1.05 bits per heavy atom. The first-order valence-electron chi connectivity index (χ1n) is 12.9. The van der Waals surface area contributed by atoms with Crippen molar-refractivity contribution in [3.63, 3.8) is 0 Å². The lowest BCUT2D eigenvalue weighted by atomic mass is 9.58. The summed E-state index contributed by atoms with van der Waals surface area (Å²) in [5, 5.41) is 0.928. The molecule has 38 heavy (non-hydrogen) atoms. The quantitative estimate of drug-likeness (QED) is 0.278. The van der Waals surface area contributed by atoms with Gasteiger partial charge in [0.25, 0.3) is 0 Å². The minimum absolute atomic E-state index is 0.0117. The van der Waals surface area contributed by atoms with E-state index in [0.29, 0.717) is 23.5 Å². The van der Waals surface area contributed by atoms with Gasteiger partial charge in [0.2, 0.25) is 5.70 Å². The van der Waals surface area contributed by atoms with Gasteiger partial charge in [-0.2, -0.15) is 0 Å². The first-order chi connectivity index (χ1) is 18.2. The SMILES string of the molecule is [C-]#[N+]C1=C[C@@]2(C)c3nc(-c4cc(C)nc5ccc(C)cc45)nc(-c4ccccc4F)c3CC[C@@H]2[C@@H](C)C1=O. The zero-order valence-corrected chi connectivity index (χ0v) is 21.8. The number of hydrogen-bond acceptors (Lipinski definition) is 4. The van der Waals surface area contributed by atoms with Crippen LogP contribution in [0.4, 0.5) is 4.39 Å². The molecule has 0 unspecified atom stereocenters. The summed E-state index contributed by atoms with van der Waals surface area (Å²) < 4.78 is 15.2. The van der Waals surface area contributed by atoms with Crippen molar-refractivity contribution < 1.29 is 9.18 Å². The predicted octanol–water partition coefficient (Wildman–Crippen LogP) is 6.96. The van der Waals surface area contributed by atoms with Gasteiger partial charge < -0.3 is 4.79 Å². The van der Waals surface area contributed by atoms with E-state index >= 15 is 4.39 Å². The third-order valence-electron chi connectivity index (χ3n) is 8.28. The van der Waals surface area contributed by atoms with Crippen molar-refractivity contribution in [1.82, 2.24) is 15.0 Å². The zero-order valence-electron chi connectivity index (χ0n) is 21.8. The Labute approximate surface area is 221 Å². The average molecular weight is 503 g/mol. The third kappa shape index (κ3) is 3.57. The molecule has 0 amide bonds. The summed E-state index contributed by atoms with van der Waals surface area (Å²) in [4.78, 5) is 31.4. The normalized spacial score (nSPS) is 22.4. The zero-order chi connectivity index (χ0) is 26.8. The summed E-state index contributed by atoms with van der Waals surface area (Å²) in [5.74, 6) is -0.275. The lowest BCUT2D eigenvalue weighted by Crippen LogP contribution is -2.46. The fourth-order valence-electron chi connectivity index (χ4n) is 6.40. The second-order valence-electron chi connectivity index (χ2n) is 10.8. The minimum atomic E-state index is -0.660. The van der Waals surface area contributed by atoms with Crippen LogP contribution in [-0.2, 0) is 16.6 Å². The number of aryl methyl sites for hydroxylation is 2. The molecule has 2 aliphatic rings. The molecule has 2 heterocycles. The Morgan fingerprint density at radius 3 is 2.61 bits per heavy atom. The number of carbonyl (C=O) groups excluding carboxylic acids is 1. The van der Waals surface area contributed by atoms with E-state index in [2.05, 4.69) is 17.8 Å². The van der Waals surface area contributed by atoms with Gasteiger partial charge in [0.1, 0.15) is 5.82 Å². The van der Waals surface area contributed by atoms with E-state index in [1.54, 1.807) is 18.2 Å². The number of hydrogen-bond donors (Lipinski definition) is 0. The molecule has 0 saturated carbocycles. The minimum Gasteiger partial charge on any atom is -0.308 e. The molecule has 0 aliphatic heterocycles. The lowest BCUT2D eigenvalue weighted by Gasteiger charge is -2.46. The van der Waals surface area contributed by atoms with Gasteiger partial charge in [-0.25, -0.2) is 19.2 Å². The molecule has 2 aromatic heterocycles. The van der Waals surface area contributed by atoms with Gasteiger partial charge in [0.05, 0.1) is 23.5 Å². The van der Waals surface area contributed by atoms with Crippen molar-refractivity contribution in [2.24, 2.45) is 11.8 Å². The number of halogens is 1. The highest BCUT2D eigenvalue weighted by Gasteiger charge is 2.49. The number of pyridine rings is 1. The van der Waals surface area contributed by atoms with Crippen LogP contribution in [0.2, 0.25) is 0 Å². The van der Waals surface area contributed by atoms with Gasteiger partial charge in [-0.05, 0) is 62.9 Å². The van der Waals surface area contributed by atoms with Crippen LogP contribution in [-0.4, -0.2) is 20.7 Å².